The molecule has 0 aliphatic carbocycles. The van der Waals surface area contributed by atoms with E-state index in [-0.39, 0.29) is 5.38 Å². The number of hydrogen-bond acceptors (Lipinski definition) is 3. The van der Waals surface area contributed by atoms with Crippen molar-refractivity contribution in [2.45, 2.75) is 26.1 Å². The van der Waals surface area contributed by atoms with Gasteiger partial charge in [-0.1, -0.05) is 18.2 Å². The van der Waals surface area contributed by atoms with Crippen molar-refractivity contribution in [1.29, 1.82) is 0 Å². The number of hydrogen-bond donors (Lipinski definition) is 1. The van der Waals surface area contributed by atoms with E-state index in [2.05, 4.69) is 15.3 Å². The lowest BCUT2D eigenvalue weighted by molar-refractivity contribution is 1.04. The minimum absolute atomic E-state index is 0.0480. The average molecular weight is 262 g/mol. The average Bonchev–Trinajstić information content (AvgIpc) is 2.34. The van der Waals surface area contributed by atoms with E-state index < -0.39 is 0 Å². The highest BCUT2D eigenvalue weighted by atomic mass is 35.5. The highest BCUT2D eigenvalue weighted by Crippen LogP contribution is 2.28. The Morgan fingerprint density at radius 3 is 2.56 bits per heavy atom. The summed E-state index contributed by atoms with van der Waals surface area (Å²) in [7, 11) is 0. The Morgan fingerprint density at radius 2 is 1.89 bits per heavy atom. The van der Waals surface area contributed by atoms with Crippen LogP contribution >= 0.6 is 11.6 Å². The SMILES string of the molecule is Cc1ncc(Nc2ccccc2C(C)Cl)nc1C. The zero-order chi connectivity index (χ0) is 13.1. The fraction of sp³-hybridized carbons (Fsp3) is 0.286. The predicted molar refractivity (Wildman–Crippen MR) is 75.5 cm³/mol. The van der Waals surface area contributed by atoms with Gasteiger partial charge in [0.15, 0.2) is 0 Å². The first kappa shape index (κ1) is 12.8. The lowest BCUT2D eigenvalue weighted by Gasteiger charge is -2.13. The van der Waals surface area contributed by atoms with E-state index in [4.69, 9.17) is 11.6 Å². The van der Waals surface area contributed by atoms with Crippen LogP contribution in [0.5, 0.6) is 0 Å². The monoisotopic (exact) mass is 261 g/mol. The summed E-state index contributed by atoms with van der Waals surface area (Å²) >= 11 is 6.15. The maximum atomic E-state index is 6.15. The minimum atomic E-state index is -0.0480. The summed E-state index contributed by atoms with van der Waals surface area (Å²) in [5.41, 5.74) is 3.90. The number of aromatic nitrogens is 2. The lowest BCUT2D eigenvalue weighted by atomic mass is 10.1. The summed E-state index contributed by atoms with van der Waals surface area (Å²) in [6.45, 7) is 5.85. The van der Waals surface area contributed by atoms with Gasteiger partial charge in [0.2, 0.25) is 0 Å². The highest BCUT2D eigenvalue weighted by molar-refractivity contribution is 6.21. The Labute approximate surface area is 112 Å². The highest BCUT2D eigenvalue weighted by Gasteiger charge is 2.08. The quantitative estimate of drug-likeness (QED) is 0.844. The molecular weight excluding hydrogens is 246 g/mol. The molecule has 1 unspecified atom stereocenters. The van der Waals surface area contributed by atoms with Crippen LogP contribution in [0.1, 0.15) is 29.3 Å². The van der Waals surface area contributed by atoms with Crippen LogP contribution in [-0.2, 0) is 0 Å². The first-order chi connectivity index (χ1) is 8.58. The summed E-state index contributed by atoms with van der Waals surface area (Å²) in [4.78, 5) is 8.74. The number of anilines is 2. The zero-order valence-corrected chi connectivity index (χ0v) is 11.5. The van der Waals surface area contributed by atoms with E-state index in [0.29, 0.717) is 0 Å². The molecule has 3 nitrogen and oxygen atoms in total. The van der Waals surface area contributed by atoms with Crippen molar-refractivity contribution in [2.24, 2.45) is 0 Å². The molecule has 0 saturated carbocycles. The van der Waals surface area contributed by atoms with Crippen LogP contribution in [0.4, 0.5) is 11.5 Å². The summed E-state index contributed by atoms with van der Waals surface area (Å²) in [6, 6.07) is 7.95. The molecule has 0 amide bonds. The summed E-state index contributed by atoms with van der Waals surface area (Å²) in [6.07, 6.45) is 1.73. The maximum Gasteiger partial charge on any atom is 0.149 e. The first-order valence-electron chi connectivity index (χ1n) is 5.88. The Morgan fingerprint density at radius 1 is 1.17 bits per heavy atom. The molecule has 1 aromatic carbocycles. The molecule has 1 atom stereocenters. The normalized spacial score (nSPS) is 12.2. The van der Waals surface area contributed by atoms with Gasteiger partial charge in [0.25, 0.3) is 0 Å². The van der Waals surface area contributed by atoms with E-state index in [0.717, 1.165) is 28.5 Å². The van der Waals surface area contributed by atoms with E-state index in [1.54, 1.807) is 6.20 Å². The number of rotatable bonds is 3. The van der Waals surface area contributed by atoms with Gasteiger partial charge in [0.1, 0.15) is 5.82 Å². The topological polar surface area (TPSA) is 37.8 Å². The Hall–Kier alpha value is -1.61. The van der Waals surface area contributed by atoms with E-state index in [1.165, 1.54) is 0 Å². The molecule has 94 valence electrons. The molecule has 0 aliphatic heterocycles. The van der Waals surface area contributed by atoms with Gasteiger partial charge in [0, 0.05) is 5.69 Å². The molecule has 1 aromatic heterocycles. The van der Waals surface area contributed by atoms with Gasteiger partial charge < -0.3 is 5.32 Å². The van der Waals surface area contributed by atoms with E-state index in [1.807, 2.05) is 45.0 Å². The molecule has 0 aliphatic rings. The molecule has 0 radical (unpaired) electrons. The third kappa shape index (κ3) is 2.79. The van der Waals surface area contributed by atoms with Crippen LogP contribution in [0, 0.1) is 13.8 Å². The summed E-state index contributed by atoms with van der Waals surface area (Å²) < 4.78 is 0. The summed E-state index contributed by atoms with van der Waals surface area (Å²) in [5.74, 6) is 0.739. The third-order valence-corrected chi connectivity index (χ3v) is 3.08. The van der Waals surface area contributed by atoms with Crippen molar-refractivity contribution >= 4 is 23.1 Å². The van der Waals surface area contributed by atoms with Gasteiger partial charge in [-0.15, -0.1) is 11.6 Å². The molecule has 0 fully saturated rings. The van der Waals surface area contributed by atoms with Crippen LogP contribution in [-0.4, -0.2) is 9.97 Å². The van der Waals surface area contributed by atoms with Crippen molar-refractivity contribution in [2.75, 3.05) is 5.32 Å². The number of alkyl halides is 1. The molecule has 18 heavy (non-hydrogen) atoms. The Balaban J connectivity index is 2.31. The predicted octanol–water partition coefficient (Wildman–Crippen LogP) is 4.14. The summed E-state index contributed by atoms with van der Waals surface area (Å²) in [5, 5.41) is 3.22. The number of nitrogens with zero attached hydrogens (tertiary/aromatic N) is 2. The molecule has 4 heteroatoms. The molecule has 1 N–H and O–H groups in total. The number of benzene rings is 1. The third-order valence-electron chi connectivity index (χ3n) is 2.84. The van der Waals surface area contributed by atoms with E-state index in [9.17, 15) is 0 Å². The second-order valence-electron chi connectivity index (χ2n) is 4.25. The molecule has 0 saturated heterocycles. The van der Waals surface area contributed by atoms with Gasteiger partial charge in [0.05, 0.1) is 23.0 Å². The number of para-hydroxylation sites is 1. The van der Waals surface area contributed by atoms with Crippen LogP contribution in [0.15, 0.2) is 30.5 Å². The van der Waals surface area contributed by atoms with Crippen LogP contribution < -0.4 is 5.32 Å². The van der Waals surface area contributed by atoms with Crippen LogP contribution in [0.3, 0.4) is 0 Å². The Bertz CT molecular complexity index is 552. The van der Waals surface area contributed by atoms with E-state index >= 15 is 0 Å². The van der Waals surface area contributed by atoms with Crippen molar-refractivity contribution in [3.63, 3.8) is 0 Å². The van der Waals surface area contributed by atoms with Gasteiger partial charge in [-0.05, 0) is 32.4 Å². The van der Waals surface area contributed by atoms with Crippen molar-refractivity contribution in [3.8, 4) is 0 Å². The molecule has 1 heterocycles. The van der Waals surface area contributed by atoms with Gasteiger partial charge in [-0.2, -0.15) is 0 Å². The fourth-order valence-electron chi connectivity index (χ4n) is 1.70. The number of nitrogens with one attached hydrogen (secondary N) is 1. The molecule has 0 bridgehead atoms. The van der Waals surface area contributed by atoms with Crippen molar-refractivity contribution in [1.82, 2.24) is 9.97 Å². The van der Waals surface area contributed by atoms with Crippen LogP contribution in [0.2, 0.25) is 0 Å². The molecular formula is C14H16ClN3. The van der Waals surface area contributed by atoms with Crippen molar-refractivity contribution < 1.29 is 0 Å². The Kier molecular flexibility index (Phi) is 3.82. The standard InChI is InChI=1S/C14H16ClN3/c1-9(15)12-6-4-5-7-13(12)18-14-8-16-10(2)11(3)17-14/h4-9H,1-3H3,(H,17,18). The minimum Gasteiger partial charge on any atom is -0.339 e. The number of aryl methyl sites for hydroxylation is 2. The van der Waals surface area contributed by atoms with Crippen molar-refractivity contribution in [3.05, 3.63) is 47.4 Å². The van der Waals surface area contributed by atoms with Gasteiger partial charge in [-0.3, -0.25) is 4.98 Å². The molecule has 0 spiro atoms. The fourth-order valence-corrected chi connectivity index (χ4v) is 1.89. The largest absolute Gasteiger partial charge is 0.339 e. The molecule has 2 aromatic rings. The van der Waals surface area contributed by atoms with Crippen LogP contribution in [0.25, 0.3) is 0 Å². The maximum absolute atomic E-state index is 6.15. The van der Waals surface area contributed by atoms with Gasteiger partial charge >= 0.3 is 0 Å². The smallest absolute Gasteiger partial charge is 0.149 e. The zero-order valence-electron chi connectivity index (χ0n) is 10.7. The lowest BCUT2D eigenvalue weighted by Crippen LogP contribution is -2.01. The van der Waals surface area contributed by atoms with Gasteiger partial charge in [-0.25, -0.2) is 4.98 Å². The second kappa shape index (κ2) is 5.36. The molecule has 2 rings (SSSR count). The second-order valence-corrected chi connectivity index (χ2v) is 4.91. The first-order valence-corrected chi connectivity index (χ1v) is 6.32. The number of halogens is 1.